The number of thiol groups is 1. The van der Waals surface area contributed by atoms with Gasteiger partial charge >= 0.3 is 6.18 Å². The second kappa shape index (κ2) is 5.59. The molecule has 2 aromatic rings. The summed E-state index contributed by atoms with van der Waals surface area (Å²) in [6.07, 6.45) is -1.48. The van der Waals surface area contributed by atoms with Crippen LogP contribution in [0.25, 0.3) is 16.6 Å². The number of hydrogen-bond donors (Lipinski definition) is 1. The van der Waals surface area contributed by atoms with E-state index in [0.29, 0.717) is 19.9 Å². The second-order valence-corrected chi connectivity index (χ2v) is 8.61. The number of nitrogens with zero attached hydrogens (tertiary/aromatic N) is 1. The molecule has 1 unspecified atom stereocenters. The predicted molar refractivity (Wildman–Crippen MR) is 99.7 cm³/mol. The highest BCUT2D eigenvalue weighted by atomic mass is 127. The van der Waals surface area contributed by atoms with E-state index in [1.807, 2.05) is 0 Å². The molecule has 1 atom stereocenters. The lowest BCUT2D eigenvalue weighted by Crippen LogP contribution is -2.23. The summed E-state index contributed by atoms with van der Waals surface area (Å²) in [5.74, 6) is 0. The number of rotatable bonds is 1. The Bertz CT molecular complexity index is 823. The Morgan fingerprint density at radius 1 is 1.30 bits per heavy atom. The van der Waals surface area contributed by atoms with Crippen LogP contribution in [0.2, 0.25) is 5.02 Å². The van der Waals surface area contributed by atoms with Crippen LogP contribution >= 0.6 is 46.8 Å². The summed E-state index contributed by atoms with van der Waals surface area (Å²) in [5.41, 5.74) is 0.502. The summed E-state index contributed by atoms with van der Waals surface area (Å²) in [5, 5.41) is 1.26. The Morgan fingerprint density at radius 3 is 2.48 bits per heavy atom. The van der Waals surface area contributed by atoms with Crippen molar-refractivity contribution in [1.82, 2.24) is 4.57 Å². The molecule has 1 heterocycles. The van der Waals surface area contributed by atoms with Crippen LogP contribution in [0, 0.1) is 5.41 Å². The first-order chi connectivity index (χ1) is 10.5. The average molecular weight is 472 g/mol. The quantitative estimate of drug-likeness (QED) is 0.269. The van der Waals surface area contributed by atoms with Crippen molar-refractivity contribution in [3.8, 4) is 0 Å². The van der Waals surface area contributed by atoms with Gasteiger partial charge in [0, 0.05) is 20.4 Å². The zero-order valence-electron chi connectivity index (χ0n) is 12.4. The van der Waals surface area contributed by atoms with Crippen LogP contribution in [0.15, 0.2) is 29.3 Å². The fourth-order valence-electron chi connectivity index (χ4n) is 2.98. The van der Waals surface area contributed by atoms with Gasteiger partial charge in [-0.3, -0.25) is 0 Å². The predicted octanol–water partition coefficient (Wildman–Crippen LogP) is 6.68. The molecule has 1 aliphatic carbocycles. The first kappa shape index (κ1) is 17.5. The van der Waals surface area contributed by atoms with Crippen LogP contribution in [-0.2, 0) is 6.18 Å². The monoisotopic (exact) mass is 471 g/mol. The number of halogens is 5. The van der Waals surface area contributed by atoms with E-state index in [1.165, 1.54) is 0 Å². The largest absolute Gasteiger partial charge is 0.416 e. The Hall–Kier alpha value is -0.340. The van der Waals surface area contributed by atoms with Gasteiger partial charge in [-0.15, -0.1) is 12.6 Å². The minimum atomic E-state index is -4.44. The molecule has 7 heteroatoms. The maximum absolute atomic E-state index is 13.1. The first-order valence-corrected chi connectivity index (χ1v) is 9.07. The van der Waals surface area contributed by atoms with Crippen LogP contribution in [0.5, 0.6) is 0 Å². The SMILES string of the molecule is CC1(C)C(n2c(S)cc3c(Cl)cc(C(F)(F)F)cc32)=CCC1I. The van der Waals surface area contributed by atoms with Crippen molar-refractivity contribution in [2.24, 2.45) is 5.41 Å². The molecule has 0 fully saturated rings. The Balaban J connectivity index is 2.30. The zero-order chi connectivity index (χ0) is 17.2. The van der Waals surface area contributed by atoms with Crippen LogP contribution in [0.1, 0.15) is 25.8 Å². The van der Waals surface area contributed by atoms with E-state index < -0.39 is 11.7 Å². The minimum absolute atomic E-state index is 0.0892. The smallest absolute Gasteiger partial charge is 0.308 e. The molecule has 1 aliphatic rings. The van der Waals surface area contributed by atoms with Crippen LogP contribution < -0.4 is 0 Å². The van der Waals surface area contributed by atoms with E-state index in [-0.39, 0.29) is 10.4 Å². The number of aromatic nitrogens is 1. The number of hydrogen-bond acceptors (Lipinski definition) is 1. The Morgan fingerprint density at radius 2 is 1.96 bits per heavy atom. The lowest BCUT2D eigenvalue weighted by atomic mass is 9.90. The summed E-state index contributed by atoms with van der Waals surface area (Å²) in [4.78, 5) is 0. The third kappa shape index (κ3) is 2.80. The minimum Gasteiger partial charge on any atom is -0.308 e. The molecule has 23 heavy (non-hydrogen) atoms. The highest BCUT2D eigenvalue weighted by Crippen LogP contribution is 2.48. The molecule has 0 spiro atoms. The van der Waals surface area contributed by atoms with Crippen molar-refractivity contribution < 1.29 is 13.2 Å². The van der Waals surface area contributed by atoms with Crippen molar-refractivity contribution in [3.63, 3.8) is 0 Å². The van der Waals surface area contributed by atoms with Crippen molar-refractivity contribution in [2.45, 2.75) is 35.4 Å². The van der Waals surface area contributed by atoms with Crippen LogP contribution in [0.3, 0.4) is 0 Å². The maximum atomic E-state index is 13.1. The fourth-order valence-corrected chi connectivity index (χ4v) is 4.16. The highest BCUT2D eigenvalue weighted by molar-refractivity contribution is 14.1. The van der Waals surface area contributed by atoms with Gasteiger partial charge in [0.1, 0.15) is 0 Å². The van der Waals surface area contributed by atoms with Gasteiger partial charge in [0.15, 0.2) is 0 Å². The average Bonchev–Trinajstić information content (AvgIpc) is 2.87. The van der Waals surface area contributed by atoms with Gasteiger partial charge in [-0.05, 0) is 24.6 Å². The van der Waals surface area contributed by atoms with Crippen molar-refractivity contribution in [3.05, 3.63) is 34.9 Å². The fraction of sp³-hybridized carbons (Fsp3) is 0.375. The molecular formula is C16H14ClF3INS. The third-order valence-corrected chi connectivity index (χ3v) is 7.09. The molecule has 0 N–H and O–H groups in total. The number of alkyl halides is 4. The lowest BCUT2D eigenvalue weighted by molar-refractivity contribution is -0.137. The number of allylic oxidation sites excluding steroid dienone is 2. The van der Waals surface area contributed by atoms with Crippen molar-refractivity contribution >= 4 is 63.4 Å². The molecule has 0 bridgehead atoms. The molecule has 124 valence electrons. The summed E-state index contributed by atoms with van der Waals surface area (Å²) >= 11 is 12.9. The molecule has 3 rings (SSSR count). The van der Waals surface area contributed by atoms with Gasteiger partial charge in [0.2, 0.25) is 0 Å². The van der Waals surface area contributed by atoms with E-state index in [2.05, 4.69) is 55.1 Å². The summed E-state index contributed by atoms with van der Waals surface area (Å²) < 4.78 is 41.5. The third-order valence-electron chi connectivity index (χ3n) is 4.38. The van der Waals surface area contributed by atoms with Gasteiger partial charge in [-0.25, -0.2) is 0 Å². The van der Waals surface area contributed by atoms with Crippen LogP contribution in [-0.4, -0.2) is 8.49 Å². The van der Waals surface area contributed by atoms with E-state index in [1.54, 1.807) is 10.6 Å². The summed E-state index contributed by atoms with van der Waals surface area (Å²) in [6, 6.07) is 3.84. The standard InChI is InChI=1S/C16H14ClF3INS/c1-15(2)12(21)3-4-13(15)22-11-6-8(16(18,19)20)5-10(17)9(11)7-14(22)23/h4-7,12,23H,3H2,1-2H3. The first-order valence-electron chi connectivity index (χ1n) is 6.99. The number of fused-ring (bicyclic) bond motifs is 1. The van der Waals surface area contributed by atoms with Gasteiger partial charge in [-0.2, -0.15) is 13.2 Å². The van der Waals surface area contributed by atoms with Crippen molar-refractivity contribution in [2.75, 3.05) is 0 Å². The summed E-state index contributed by atoms with van der Waals surface area (Å²) in [7, 11) is 0. The van der Waals surface area contributed by atoms with E-state index in [9.17, 15) is 13.2 Å². The topological polar surface area (TPSA) is 4.93 Å². The molecule has 0 saturated heterocycles. The molecular weight excluding hydrogens is 458 g/mol. The van der Waals surface area contributed by atoms with Gasteiger partial charge in [0.25, 0.3) is 0 Å². The molecule has 1 nitrogen and oxygen atoms in total. The van der Waals surface area contributed by atoms with Gasteiger partial charge in [-0.1, -0.05) is 54.1 Å². The zero-order valence-corrected chi connectivity index (χ0v) is 16.2. The lowest BCUT2D eigenvalue weighted by Gasteiger charge is -2.29. The highest BCUT2D eigenvalue weighted by Gasteiger charge is 2.38. The van der Waals surface area contributed by atoms with Gasteiger partial charge in [0.05, 0.1) is 21.1 Å². The Kier molecular flexibility index (Phi) is 4.25. The normalized spacial score (nSPS) is 21.0. The van der Waals surface area contributed by atoms with E-state index in [4.69, 9.17) is 11.6 Å². The van der Waals surface area contributed by atoms with Crippen LogP contribution in [0.4, 0.5) is 13.2 Å². The van der Waals surface area contributed by atoms with E-state index in [0.717, 1.165) is 24.3 Å². The Labute approximate surface area is 156 Å². The molecule has 0 aliphatic heterocycles. The van der Waals surface area contributed by atoms with Crippen molar-refractivity contribution in [1.29, 1.82) is 0 Å². The van der Waals surface area contributed by atoms with E-state index >= 15 is 0 Å². The number of benzene rings is 1. The maximum Gasteiger partial charge on any atom is 0.416 e. The van der Waals surface area contributed by atoms with Gasteiger partial charge < -0.3 is 4.57 Å². The molecule has 1 aromatic heterocycles. The molecule has 1 aromatic carbocycles. The summed E-state index contributed by atoms with van der Waals surface area (Å²) in [6.45, 7) is 4.19. The molecule has 0 saturated carbocycles. The molecule has 0 radical (unpaired) electrons. The molecule has 0 amide bonds. The second-order valence-electron chi connectivity index (χ2n) is 6.24.